The number of nitrogens with zero attached hydrogens (tertiary/aromatic N) is 1. The lowest BCUT2D eigenvalue weighted by Gasteiger charge is -2.28. The first kappa shape index (κ1) is 14.9. The molecule has 0 aliphatic rings. The van der Waals surface area contributed by atoms with Crippen LogP contribution in [0.1, 0.15) is 32.3 Å². The van der Waals surface area contributed by atoms with Crippen molar-refractivity contribution in [1.29, 1.82) is 0 Å². The summed E-state index contributed by atoms with van der Waals surface area (Å²) in [6.45, 7) is 6.65. The Morgan fingerprint density at radius 1 is 1.32 bits per heavy atom. The second-order valence-electron chi connectivity index (χ2n) is 5.19. The van der Waals surface area contributed by atoms with Gasteiger partial charge in [0.1, 0.15) is 0 Å². The molecule has 104 valence electrons. The van der Waals surface area contributed by atoms with Crippen LogP contribution in [0, 0.1) is 12.3 Å². The topological polar surface area (TPSA) is 28.7 Å². The summed E-state index contributed by atoms with van der Waals surface area (Å²) in [7, 11) is 0. The fourth-order valence-corrected chi connectivity index (χ4v) is 4.62. The second-order valence-corrected chi connectivity index (χ2v) is 6.72. The van der Waals surface area contributed by atoms with Crippen molar-refractivity contribution in [3.63, 3.8) is 0 Å². The zero-order valence-corrected chi connectivity index (χ0v) is 14.2. The zero-order chi connectivity index (χ0) is 13.9. The molecule has 0 saturated carbocycles. The Bertz CT molecular complexity index is 538. The van der Waals surface area contributed by atoms with Crippen LogP contribution in [0.4, 0.5) is 0 Å². The Morgan fingerprint density at radius 2 is 2.05 bits per heavy atom. The third kappa shape index (κ3) is 3.34. The number of fused-ring (bicyclic) bond motifs is 1. The molecule has 0 bridgehead atoms. The number of imidazole rings is 1. The monoisotopic (exact) mass is 340 g/mol. The van der Waals surface area contributed by atoms with Crippen molar-refractivity contribution in [1.82, 2.24) is 9.97 Å². The Balaban J connectivity index is 2.13. The maximum Gasteiger partial charge on any atom is 0.166 e. The summed E-state index contributed by atoms with van der Waals surface area (Å²) >= 11 is 5.50. The standard InChI is InChI=1S/C15H21BrN2S/c1-4-15(5-2,9-16)10-19-14-17-12-7-6-11(3)8-13(12)18-14/h6-8H,4-5,9-10H2,1-3H3,(H,17,18). The highest BCUT2D eigenvalue weighted by atomic mass is 79.9. The highest BCUT2D eigenvalue weighted by Crippen LogP contribution is 2.35. The van der Waals surface area contributed by atoms with E-state index in [1.54, 1.807) is 0 Å². The van der Waals surface area contributed by atoms with Crippen LogP contribution in [0.3, 0.4) is 0 Å². The third-order valence-electron chi connectivity index (χ3n) is 3.91. The fraction of sp³-hybridized carbons (Fsp3) is 0.533. The number of aromatic nitrogens is 2. The lowest BCUT2D eigenvalue weighted by molar-refractivity contribution is 0.359. The van der Waals surface area contributed by atoms with E-state index in [-0.39, 0.29) is 0 Å². The maximum absolute atomic E-state index is 4.65. The largest absolute Gasteiger partial charge is 0.333 e. The minimum absolute atomic E-state index is 0.375. The molecular weight excluding hydrogens is 320 g/mol. The summed E-state index contributed by atoms with van der Waals surface area (Å²) in [5.74, 6) is 1.10. The SMILES string of the molecule is CCC(CC)(CBr)CSc1nc2ccc(C)cc2[nH]1. The van der Waals surface area contributed by atoms with Gasteiger partial charge in [-0.25, -0.2) is 4.98 Å². The smallest absolute Gasteiger partial charge is 0.166 e. The molecule has 1 aromatic heterocycles. The van der Waals surface area contributed by atoms with Gasteiger partial charge in [0, 0.05) is 11.1 Å². The molecule has 2 rings (SSSR count). The number of nitrogens with one attached hydrogen (secondary N) is 1. The Kier molecular flexibility index (Phi) is 4.96. The first-order valence-corrected chi connectivity index (χ1v) is 8.88. The second kappa shape index (κ2) is 6.31. The Hall–Kier alpha value is -0.480. The van der Waals surface area contributed by atoms with Gasteiger partial charge in [-0.2, -0.15) is 0 Å². The van der Waals surface area contributed by atoms with E-state index in [0.717, 1.165) is 27.3 Å². The first-order chi connectivity index (χ1) is 9.12. The lowest BCUT2D eigenvalue weighted by atomic mass is 9.87. The van der Waals surface area contributed by atoms with Crippen LogP contribution in [0.15, 0.2) is 23.4 Å². The van der Waals surface area contributed by atoms with Crippen molar-refractivity contribution in [3.05, 3.63) is 23.8 Å². The van der Waals surface area contributed by atoms with E-state index in [4.69, 9.17) is 0 Å². The molecular formula is C15H21BrN2S. The molecule has 1 heterocycles. The molecule has 0 fully saturated rings. The molecule has 4 heteroatoms. The number of halogens is 1. The average Bonchev–Trinajstić information content (AvgIpc) is 2.83. The summed E-state index contributed by atoms with van der Waals surface area (Å²) in [6.07, 6.45) is 2.39. The van der Waals surface area contributed by atoms with Gasteiger partial charge in [-0.15, -0.1) is 0 Å². The average molecular weight is 341 g/mol. The summed E-state index contributed by atoms with van der Waals surface area (Å²) in [5.41, 5.74) is 3.84. The molecule has 1 N–H and O–H groups in total. The molecule has 0 unspecified atom stereocenters. The van der Waals surface area contributed by atoms with E-state index in [1.807, 2.05) is 11.8 Å². The highest BCUT2D eigenvalue weighted by Gasteiger charge is 2.25. The molecule has 19 heavy (non-hydrogen) atoms. The van der Waals surface area contributed by atoms with Gasteiger partial charge in [0.15, 0.2) is 5.16 Å². The van der Waals surface area contributed by atoms with E-state index >= 15 is 0 Å². The molecule has 0 amide bonds. The van der Waals surface area contributed by atoms with Crippen LogP contribution in [0.25, 0.3) is 11.0 Å². The van der Waals surface area contributed by atoms with E-state index < -0.39 is 0 Å². The van der Waals surface area contributed by atoms with Gasteiger partial charge in [0.25, 0.3) is 0 Å². The Labute approximate surface area is 127 Å². The molecule has 0 spiro atoms. The minimum Gasteiger partial charge on any atom is -0.333 e. The molecule has 0 aliphatic carbocycles. The molecule has 0 atom stereocenters. The van der Waals surface area contributed by atoms with Crippen molar-refractivity contribution in [3.8, 4) is 0 Å². The van der Waals surface area contributed by atoms with Crippen molar-refractivity contribution in [2.45, 2.75) is 38.8 Å². The van der Waals surface area contributed by atoms with Gasteiger partial charge in [-0.1, -0.05) is 47.6 Å². The molecule has 0 saturated heterocycles. The van der Waals surface area contributed by atoms with Crippen LogP contribution >= 0.6 is 27.7 Å². The number of aromatic amines is 1. The molecule has 0 radical (unpaired) electrons. The number of hydrogen-bond donors (Lipinski definition) is 1. The number of hydrogen-bond acceptors (Lipinski definition) is 2. The number of alkyl halides is 1. The first-order valence-electron chi connectivity index (χ1n) is 6.77. The highest BCUT2D eigenvalue weighted by molar-refractivity contribution is 9.09. The summed E-state index contributed by atoms with van der Waals surface area (Å²) < 4.78 is 0. The van der Waals surface area contributed by atoms with Crippen LogP contribution < -0.4 is 0 Å². The summed E-state index contributed by atoms with van der Waals surface area (Å²) in [4.78, 5) is 8.07. The van der Waals surface area contributed by atoms with E-state index in [9.17, 15) is 0 Å². The van der Waals surface area contributed by atoms with Gasteiger partial charge < -0.3 is 4.98 Å². The van der Waals surface area contributed by atoms with Crippen LogP contribution in [-0.2, 0) is 0 Å². The number of thioether (sulfide) groups is 1. The fourth-order valence-electron chi connectivity index (χ4n) is 2.07. The van der Waals surface area contributed by atoms with Gasteiger partial charge in [0.2, 0.25) is 0 Å². The number of aryl methyl sites for hydroxylation is 1. The third-order valence-corrected chi connectivity index (χ3v) is 6.33. The van der Waals surface area contributed by atoms with Crippen molar-refractivity contribution in [2.75, 3.05) is 11.1 Å². The van der Waals surface area contributed by atoms with E-state index in [2.05, 4.69) is 64.9 Å². The number of rotatable bonds is 6. The lowest BCUT2D eigenvalue weighted by Crippen LogP contribution is -2.23. The summed E-state index contributed by atoms with van der Waals surface area (Å²) in [5, 5.41) is 2.09. The van der Waals surface area contributed by atoms with Crippen molar-refractivity contribution < 1.29 is 0 Å². The normalized spacial score (nSPS) is 12.2. The summed E-state index contributed by atoms with van der Waals surface area (Å²) in [6, 6.07) is 6.35. The van der Waals surface area contributed by atoms with E-state index in [0.29, 0.717) is 5.41 Å². The predicted octanol–water partition coefficient (Wildman–Crippen LogP) is 5.16. The minimum atomic E-state index is 0.375. The van der Waals surface area contributed by atoms with Gasteiger partial charge in [-0.3, -0.25) is 0 Å². The van der Waals surface area contributed by atoms with Gasteiger partial charge >= 0.3 is 0 Å². The van der Waals surface area contributed by atoms with Crippen molar-refractivity contribution in [2.24, 2.45) is 5.41 Å². The molecule has 0 aliphatic heterocycles. The zero-order valence-electron chi connectivity index (χ0n) is 11.8. The quantitative estimate of drug-likeness (QED) is 0.580. The Morgan fingerprint density at radius 3 is 2.68 bits per heavy atom. The van der Waals surface area contributed by atoms with Crippen LogP contribution in [-0.4, -0.2) is 21.1 Å². The van der Waals surface area contributed by atoms with Crippen molar-refractivity contribution >= 4 is 38.7 Å². The number of H-pyrrole nitrogens is 1. The van der Waals surface area contributed by atoms with Gasteiger partial charge in [0.05, 0.1) is 11.0 Å². The van der Waals surface area contributed by atoms with Gasteiger partial charge in [-0.05, 0) is 42.9 Å². The molecule has 2 nitrogen and oxygen atoms in total. The van der Waals surface area contributed by atoms with Crippen LogP contribution in [0.2, 0.25) is 0 Å². The molecule has 1 aromatic carbocycles. The van der Waals surface area contributed by atoms with Crippen LogP contribution in [0.5, 0.6) is 0 Å². The maximum atomic E-state index is 4.65. The van der Waals surface area contributed by atoms with E-state index in [1.165, 1.54) is 18.4 Å². The number of benzene rings is 1. The predicted molar refractivity (Wildman–Crippen MR) is 88.4 cm³/mol. The molecule has 2 aromatic rings.